The van der Waals surface area contributed by atoms with Crippen LogP contribution in [-0.4, -0.2) is 44.4 Å². The number of carbonyl (C=O) groups excluding carboxylic acids is 1. The van der Waals surface area contributed by atoms with Gasteiger partial charge in [-0.05, 0) is 51.0 Å². The molecule has 0 radical (unpaired) electrons. The topological polar surface area (TPSA) is 51.0 Å². The normalized spacial score (nSPS) is 19.6. The molecule has 1 aliphatic carbocycles. The monoisotopic (exact) mass is 400 g/mol. The number of hydrogen-bond donors (Lipinski definition) is 0. The lowest BCUT2D eigenvalue weighted by molar-refractivity contribution is -0.129. The van der Waals surface area contributed by atoms with E-state index in [1.807, 2.05) is 18.0 Å². The highest BCUT2D eigenvalue weighted by Gasteiger charge is 2.25. The van der Waals surface area contributed by atoms with Gasteiger partial charge in [0, 0.05) is 25.2 Å². The molecule has 6 heteroatoms. The molecule has 3 rings (SSSR count). The van der Waals surface area contributed by atoms with Crippen molar-refractivity contribution in [1.82, 2.24) is 19.7 Å². The predicted molar refractivity (Wildman–Crippen MR) is 115 cm³/mol. The van der Waals surface area contributed by atoms with Crippen LogP contribution in [0.4, 0.5) is 0 Å². The second-order valence-electron chi connectivity index (χ2n) is 8.03. The molecule has 0 aliphatic heterocycles. The Hall–Kier alpha value is -1.82. The predicted octanol–water partition coefficient (Wildman–Crippen LogP) is 4.79. The molecule has 0 N–H and O–H groups in total. The van der Waals surface area contributed by atoms with Gasteiger partial charge >= 0.3 is 0 Å². The molecule has 0 saturated heterocycles. The van der Waals surface area contributed by atoms with Crippen LogP contribution in [0.1, 0.15) is 51.5 Å². The lowest BCUT2D eigenvalue weighted by atomic mass is 9.87. The Morgan fingerprint density at radius 2 is 2.00 bits per heavy atom. The minimum Gasteiger partial charge on any atom is -0.342 e. The van der Waals surface area contributed by atoms with Crippen LogP contribution < -0.4 is 0 Å². The molecule has 28 heavy (non-hydrogen) atoms. The van der Waals surface area contributed by atoms with Crippen molar-refractivity contribution in [3.8, 4) is 11.4 Å². The summed E-state index contributed by atoms with van der Waals surface area (Å²) in [5.41, 5.74) is 2.28. The maximum Gasteiger partial charge on any atom is 0.233 e. The van der Waals surface area contributed by atoms with Gasteiger partial charge in [-0.15, -0.1) is 10.2 Å². The van der Waals surface area contributed by atoms with E-state index in [9.17, 15) is 4.79 Å². The van der Waals surface area contributed by atoms with Crippen LogP contribution in [0.5, 0.6) is 0 Å². The van der Waals surface area contributed by atoms with Crippen molar-refractivity contribution in [3.05, 3.63) is 29.8 Å². The molecule has 0 bridgehead atoms. The Labute approximate surface area is 172 Å². The van der Waals surface area contributed by atoms with Gasteiger partial charge < -0.3 is 9.47 Å². The molecule has 0 spiro atoms. The summed E-state index contributed by atoms with van der Waals surface area (Å²) in [6.45, 7) is 7.39. The average Bonchev–Trinajstić information content (AvgIpc) is 3.09. The Bertz CT molecular complexity index is 796. The quantitative estimate of drug-likeness (QED) is 0.627. The summed E-state index contributed by atoms with van der Waals surface area (Å²) < 4.78 is 2.15. The molecular formula is C22H32N4OS. The van der Waals surface area contributed by atoms with Gasteiger partial charge in [-0.1, -0.05) is 49.4 Å². The van der Waals surface area contributed by atoms with Gasteiger partial charge in [0.15, 0.2) is 11.0 Å². The number of hydrogen-bond acceptors (Lipinski definition) is 4. The summed E-state index contributed by atoms with van der Waals surface area (Å²) in [4.78, 5) is 14.7. The lowest BCUT2D eigenvalue weighted by Crippen LogP contribution is -2.40. The summed E-state index contributed by atoms with van der Waals surface area (Å²) in [5.74, 6) is 2.28. The Morgan fingerprint density at radius 1 is 1.25 bits per heavy atom. The lowest BCUT2D eigenvalue weighted by Gasteiger charge is -2.33. The molecule has 1 fully saturated rings. The van der Waals surface area contributed by atoms with E-state index in [0.29, 0.717) is 11.8 Å². The van der Waals surface area contributed by atoms with E-state index in [1.165, 1.54) is 30.2 Å². The van der Waals surface area contributed by atoms with Crippen molar-refractivity contribution in [1.29, 1.82) is 0 Å². The van der Waals surface area contributed by atoms with E-state index in [1.54, 1.807) is 0 Å². The third-order valence-corrected chi connectivity index (χ3v) is 6.64. The van der Waals surface area contributed by atoms with Crippen LogP contribution >= 0.6 is 11.8 Å². The van der Waals surface area contributed by atoms with Crippen molar-refractivity contribution in [2.75, 3.05) is 12.8 Å². The highest BCUT2D eigenvalue weighted by Crippen LogP contribution is 2.28. The molecule has 1 saturated carbocycles. The summed E-state index contributed by atoms with van der Waals surface area (Å²) >= 11 is 1.51. The van der Waals surface area contributed by atoms with Gasteiger partial charge in [-0.25, -0.2) is 0 Å². The van der Waals surface area contributed by atoms with Gasteiger partial charge in [0.25, 0.3) is 0 Å². The SMILES string of the molecule is CCCn1c(SCC(=O)N(C)C2CCC(C)CC2)nnc1-c1cccc(C)c1. The van der Waals surface area contributed by atoms with E-state index in [4.69, 9.17) is 0 Å². The summed E-state index contributed by atoms with van der Waals surface area (Å²) in [5, 5.41) is 9.66. The molecule has 152 valence electrons. The molecule has 0 unspecified atom stereocenters. The van der Waals surface area contributed by atoms with E-state index >= 15 is 0 Å². The first-order valence-corrected chi connectivity index (χ1v) is 11.4. The smallest absolute Gasteiger partial charge is 0.233 e. The van der Waals surface area contributed by atoms with E-state index in [0.717, 1.165) is 48.3 Å². The molecule has 0 atom stereocenters. The van der Waals surface area contributed by atoms with Crippen LogP contribution in [0.3, 0.4) is 0 Å². The summed E-state index contributed by atoms with van der Waals surface area (Å²) in [6, 6.07) is 8.72. The molecule has 1 aromatic heterocycles. The zero-order valence-corrected chi connectivity index (χ0v) is 18.3. The van der Waals surface area contributed by atoms with Gasteiger partial charge in [0.2, 0.25) is 5.91 Å². The van der Waals surface area contributed by atoms with Crippen molar-refractivity contribution in [3.63, 3.8) is 0 Å². The summed E-state index contributed by atoms with van der Waals surface area (Å²) in [7, 11) is 1.96. The zero-order valence-electron chi connectivity index (χ0n) is 17.5. The van der Waals surface area contributed by atoms with Crippen LogP contribution in [-0.2, 0) is 11.3 Å². The number of aryl methyl sites for hydroxylation is 1. The molecule has 2 aromatic rings. The largest absolute Gasteiger partial charge is 0.342 e. The second-order valence-corrected chi connectivity index (χ2v) is 8.98. The number of aromatic nitrogens is 3. The fourth-order valence-electron chi connectivity index (χ4n) is 3.88. The minimum atomic E-state index is 0.188. The highest BCUT2D eigenvalue weighted by molar-refractivity contribution is 7.99. The number of nitrogens with zero attached hydrogens (tertiary/aromatic N) is 4. The molecule has 5 nitrogen and oxygen atoms in total. The standard InChI is InChI=1S/C22H32N4OS/c1-5-13-26-21(18-8-6-7-17(3)14-18)23-24-22(26)28-15-20(27)25(4)19-11-9-16(2)10-12-19/h6-8,14,16,19H,5,9-13,15H2,1-4H3. The zero-order chi connectivity index (χ0) is 20.1. The highest BCUT2D eigenvalue weighted by atomic mass is 32.2. The van der Waals surface area contributed by atoms with Crippen molar-refractivity contribution in [2.45, 2.75) is 70.6 Å². The van der Waals surface area contributed by atoms with Crippen molar-refractivity contribution < 1.29 is 4.79 Å². The van der Waals surface area contributed by atoms with Crippen molar-refractivity contribution >= 4 is 17.7 Å². The second kappa shape index (κ2) is 9.59. The molecule has 1 heterocycles. The van der Waals surface area contributed by atoms with E-state index in [-0.39, 0.29) is 5.91 Å². The number of thioether (sulfide) groups is 1. The van der Waals surface area contributed by atoms with Gasteiger partial charge in [0.1, 0.15) is 0 Å². The van der Waals surface area contributed by atoms with Gasteiger partial charge in [-0.3, -0.25) is 4.79 Å². The Kier molecular flexibility index (Phi) is 7.16. The van der Waals surface area contributed by atoms with E-state index < -0.39 is 0 Å². The van der Waals surface area contributed by atoms with Crippen LogP contribution in [0.2, 0.25) is 0 Å². The third kappa shape index (κ3) is 4.96. The Balaban J connectivity index is 1.67. The fourth-order valence-corrected chi connectivity index (χ4v) is 4.77. The first-order chi connectivity index (χ1) is 13.5. The maximum atomic E-state index is 12.7. The first-order valence-electron chi connectivity index (χ1n) is 10.4. The van der Waals surface area contributed by atoms with Crippen LogP contribution in [0, 0.1) is 12.8 Å². The number of carbonyl (C=O) groups is 1. The fraction of sp³-hybridized carbons (Fsp3) is 0.591. The van der Waals surface area contributed by atoms with Crippen molar-refractivity contribution in [2.24, 2.45) is 5.92 Å². The summed E-state index contributed by atoms with van der Waals surface area (Å²) in [6.07, 6.45) is 5.69. The number of benzene rings is 1. The third-order valence-electron chi connectivity index (χ3n) is 5.69. The van der Waals surface area contributed by atoms with Gasteiger partial charge in [-0.2, -0.15) is 0 Å². The van der Waals surface area contributed by atoms with Gasteiger partial charge in [0.05, 0.1) is 5.75 Å². The molecule has 1 aliphatic rings. The number of amides is 1. The molecule has 1 amide bonds. The Morgan fingerprint density at radius 3 is 2.68 bits per heavy atom. The number of rotatable bonds is 7. The average molecular weight is 401 g/mol. The minimum absolute atomic E-state index is 0.188. The van der Waals surface area contributed by atoms with Crippen LogP contribution in [0.25, 0.3) is 11.4 Å². The van der Waals surface area contributed by atoms with E-state index in [2.05, 4.69) is 53.7 Å². The van der Waals surface area contributed by atoms with Crippen LogP contribution in [0.15, 0.2) is 29.4 Å². The maximum absolute atomic E-state index is 12.7. The molecular weight excluding hydrogens is 368 g/mol. The first kappa shape index (κ1) is 20.9. The molecule has 1 aromatic carbocycles.